The van der Waals surface area contributed by atoms with Crippen molar-refractivity contribution in [2.45, 2.75) is 37.6 Å². The highest BCUT2D eigenvalue weighted by atomic mass is 16.2. The van der Waals surface area contributed by atoms with Crippen molar-refractivity contribution in [3.63, 3.8) is 0 Å². The van der Waals surface area contributed by atoms with Gasteiger partial charge < -0.3 is 10.6 Å². The van der Waals surface area contributed by atoms with Gasteiger partial charge in [-0.05, 0) is 61.3 Å². The average Bonchev–Trinajstić information content (AvgIpc) is 3.12. The van der Waals surface area contributed by atoms with Crippen molar-refractivity contribution < 1.29 is 4.79 Å². The van der Waals surface area contributed by atoms with E-state index in [0.717, 1.165) is 25.1 Å². The summed E-state index contributed by atoms with van der Waals surface area (Å²) in [5.41, 5.74) is 9.87. The molecule has 4 rings (SSSR count). The standard InChI is InChI=1S/C16H20N2O/c17-16(14-6-7-14)9-18(10-16)15(19)13-5-4-11-2-1-3-12(11)8-13/h4-5,8,14H,1-3,6-7,9-10,17H2. The Morgan fingerprint density at radius 1 is 1.21 bits per heavy atom. The van der Waals surface area contributed by atoms with Crippen molar-refractivity contribution in [2.75, 3.05) is 13.1 Å². The van der Waals surface area contributed by atoms with Crippen LogP contribution in [0.4, 0.5) is 0 Å². The van der Waals surface area contributed by atoms with Gasteiger partial charge in [0.2, 0.25) is 0 Å². The largest absolute Gasteiger partial charge is 0.335 e. The van der Waals surface area contributed by atoms with Crippen LogP contribution in [0.3, 0.4) is 0 Å². The fraction of sp³-hybridized carbons (Fsp3) is 0.562. The first-order chi connectivity index (χ1) is 9.16. The van der Waals surface area contributed by atoms with Crippen molar-refractivity contribution in [3.8, 4) is 0 Å². The second-order valence-electron chi connectivity index (χ2n) is 6.51. The molecular weight excluding hydrogens is 236 g/mol. The Morgan fingerprint density at radius 3 is 2.68 bits per heavy atom. The minimum absolute atomic E-state index is 0.0770. The van der Waals surface area contributed by atoms with Crippen LogP contribution in [0.5, 0.6) is 0 Å². The molecular formula is C16H20N2O. The zero-order valence-electron chi connectivity index (χ0n) is 11.2. The fourth-order valence-electron chi connectivity index (χ4n) is 3.61. The number of amides is 1. The molecule has 0 atom stereocenters. The lowest BCUT2D eigenvalue weighted by molar-refractivity contribution is 0.0350. The Kier molecular flexibility index (Phi) is 2.31. The molecule has 0 spiro atoms. The van der Waals surface area contributed by atoms with E-state index in [4.69, 9.17) is 5.73 Å². The Bertz CT molecular complexity index is 542. The van der Waals surface area contributed by atoms with E-state index in [-0.39, 0.29) is 11.4 Å². The quantitative estimate of drug-likeness (QED) is 0.876. The van der Waals surface area contributed by atoms with Crippen LogP contribution in [-0.4, -0.2) is 29.4 Å². The molecule has 2 fully saturated rings. The molecule has 1 aromatic carbocycles. The zero-order chi connectivity index (χ0) is 13.0. The van der Waals surface area contributed by atoms with Gasteiger partial charge in [-0.3, -0.25) is 4.79 Å². The maximum atomic E-state index is 12.4. The lowest BCUT2D eigenvalue weighted by Gasteiger charge is -2.48. The van der Waals surface area contributed by atoms with Gasteiger partial charge in [0.1, 0.15) is 0 Å². The van der Waals surface area contributed by atoms with Crippen LogP contribution in [0.25, 0.3) is 0 Å². The van der Waals surface area contributed by atoms with Crippen LogP contribution in [0.1, 0.15) is 40.7 Å². The van der Waals surface area contributed by atoms with Crippen LogP contribution >= 0.6 is 0 Å². The van der Waals surface area contributed by atoms with Gasteiger partial charge in [0.25, 0.3) is 5.91 Å². The summed E-state index contributed by atoms with van der Waals surface area (Å²) < 4.78 is 0. The lowest BCUT2D eigenvalue weighted by atomic mass is 9.85. The third kappa shape index (κ3) is 1.79. The predicted octanol–water partition coefficient (Wildman–Crippen LogP) is 1.74. The van der Waals surface area contributed by atoms with Gasteiger partial charge >= 0.3 is 0 Å². The number of aryl methyl sites for hydroxylation is 2. The molecule has 0 unspecified atom stereocenters. The summed E-state index contributed by atoms with van der Waals surface area (Å²) in [6, 6.07) is 6.21. The third-order valence-corrected chi connectivity index (χ3v) is 4.99. The van der Waals surface area contributed by atoms with Crippen LogP contribution in [-0.2, 0) is 12.8 Å². The molecule has 1 amide bonds. The van der Waals surface area contributed by atoms with Crippen LogP contribution in [0, 0.1) is 5.92 Å². The number of carbonyl (C=O) groups excluding carboxylic acids is 1. The Labute approximate surface area is 113 Å². The van der Waals surface area contributed by atoms with E-state index in [9.17, 15) is 4.79 Å². The minimum atomic E-state index is -0.0770. The Hall–Kier alpha value is -1.35. The Balaban J connectivity index is 1.49. The maximum Gasteiger partial charge on any atom is 0.253 e. The van der Waals surface area contributed by atoms with Gasteiger partial charge in [-0.1, -0.05) is 6.07 Å². The number of likely N-dealkylation sites (tertiary alicyclic amines) is 1. The summed E-state index contributed by atoms with van der Waals surface area (Å²) in [6.07, 6.45) is 6.01. The smallest absolute Gasteiger partial charge is 0.253 e. The third-order valence-electron chi connectivity index (χ3n) is 4.99. The molecule has 2 N–H and O–H groups in total. The molecule has 0 radical (unpaired) electrons. The molecule has 0 aromatic heterocycles. The van der Waals surface area contributed by atoms with Gasteiger partial charge in [0.15, 0.2) is 0 Å². The molecule has 1 saturated heterocycles. The van der Waals surface area contributed by atoms with E-state index in [2.05, 4.69) is 12.1 Å². The number of nitrogens with zero attached hydrogens (tertiary/aromatic N) is 1. The predicted molar refractivity (Wildman–Crippen MR) is 74.0 cm³/mol. The molecule has 2 aliphatic carbocycles. The highest BCUT2D eigenvalue weighted by molar-refractivity contribution is 5.95. The second-order valence-corrected chi connectivity index (χ2v) is 6.51. The molecule has 1 heterocycles. The van der Waals surface area contributed by atoms with Crippen LogP contribution in [0.2, 0.25) is 0 Å². The van der Waals surface area contributed by atoms with Gasteiger partial charge in [0, 0.05) is 18.7 Å². The lowest BCUT2D eigenvalue weighted by Crippen LogP contribution is -2.69. The van der Waals surface area contributed by atoms with Crippen molar-refractivity contribution >= 4 is 5.91 Å². The molecule has 3 heteroatoms. The molecule has 19 heavy (non-hydrogen) atoms. The van der Waals surface area contributed by atoms with E-state index >= 15 is 0 Å². The van der Waals surface area contributed by atoms with Gasteiger partial charge in [-0.15, -0.1) is 0 Å². The normalized spacial score (nSPS) is 23.9. The summed E-state index contributed by atoms with van der Waals surface area (Å²) in [5.74, 6) is 0.827. The van der Waals surface area contributed by atoms with E-state index in [1.807, 2.05) is 11.0 Å². The molecule has 3 nitrogen and oxygen atoms in total. The number of nitrogens with two attached hydrogens (primary N) is 1. The minimum Gasteiger partial charge on any atom is -0.335 e. The highest BCUT2D eigenvalue weighted by Gasteiger charge is 2.51. The number of carbonyl (C=O) groups is 1. The number of benzene rings is 1. The first-order valence-electron chi connectivity index (χ1n) is 7.36. The van der Waals surface area contributed by atoms with E-state index in [1.165, 1.54) is 36.8 Å². The van der Waals surface area contributed by atoms with Gasteiger partial charge in [-0.25, -0.2) is 0 Å². The monoisotopic (exact) mass is 256 g/mol. The van der Waals surface area contributed by atoms with Crippen molar-refractivity contribution in [3.05, 3.63) is 34.9 Å². The fourth-order valence-corrected chi connectivity index (χ4v) is 3.61. The van der Waals surface area contributed by atoms with Crippen LogP contribution in [0.15, 0.2) is 18.2 Å². The van der Waals surface area contributed by atoms with Crippen molar-refractivity contribution in [2.24, 2.45) is 11.7 Å². The molecule has 1 aliphatic heterocycles. The second kappa shape index (κ2) is 3.83. The maximum absolute atomic E-state index is 12.4. The van der Waals surface area contributed by atoms with Crippen LogP contribution < -0.4 is 5.73 Å². The first-order valence-corrected chi connectivity index (χ1v) is 7.36. The van der Waals surface area contributed by atoms with Gasteiger partial charge in [0.05, 0.1) is 5.54 Å². The number of hydrogen-bond acceptors (Lipinski definition) is 2. The van der Waals surface area contributed by atoms with E-state index < -0.39 is 0 Å². The molecule has 0 bridgehead atoms. The van der Waals surface area contributed by atoms with E-state index in [0.29, 0.717) is 5.92 Å². The molecule has 1 aromatic rings. The molecule has 1 saturated carbocycles. The number of rotatable bonds is 2. The van der Waals surface area contributed by atoms with Crippen molar-refractivity contribution in [1.82, 2.24) is 4.90 Å². The Morgan fingerprint density at radius 2 is 1.95 bits per heavy atom. The summed E-state index contributed by atoms with van der Waals surface area (Å²) in [5, 5.41) is 0. The molecule has 100 valence electrons. The highest BCUT2D eigenvalue weighted by Crippen LogP contribution is 2.43. The van der Waals surface area contributed by atoms with Crippen molar-refractivity contribution in [1.29, 1.82) is 0 Å². The number of fused-ring (bicyclic) bond motifs is 1. The van der Waals surface area contributed by atoms with Gasteiger partial charge in [-0.2, -0.15) is 0 Å². The summed E-state index contributed by atoms with van der Waals surface area (Å²) in [6.45, 7) is 1.49. The summed E-state index contributed by atoms with van der Waals surface area (Å²) >= 11 is 0. The summed E-state index contributed by atoms with van der Waals surface area (Å²) in [4.78, 5) is 14.3. The SMILES string of the molecule is NC1(C2CC2)CN(C(=O)c2ccc3c(c2)CCC3)C1. The van der Waals surface area contributed by atoms with E-state index in [1.54, 1.807) is 0 Å². The summed E-state index contributed by atoms with van der Waals surface area (Å²) in [7, 11) is 0. The average molecular weight is 256 g/mol. The zero-order valence-corrected chi connectivity index (χ0v) is 11.2. The topological polar surface area (TPSA) is 46.3 Å². The molecule has 3 aliphatic rings. The first kappa shape index (κ1) is 11.5. The number of hydrogen-bond donors (Lipinski definition) is 1.